The number of ether oxygens (including phenoxy) is 1. The van der Waals surface area contributed by atoms with Gasteiger partial charge in [0.2, 0.25) is 11.1 Å². The van der Waals surface area contributed by atoms with Gasteiger partial charge in [-0.3, -0.25) is 4.79 Å². The highest BCUT2D eigenvalue weighted by Crippen LogP contribution is 2.27. The zero-order chi connectivity index (χ0) is 15.4. The summed E-state index contributed by atoms with van der Waals surface area (Å²) in [7, 11) is 3.31. The minimum Gasteiger partial charge on any atom is -0.495 e. The van der Waals surface area contributed by atoms with E-state index < -0.39 is 0 Å². The minimum atomic E-state index is -0.333. The largest absolute Gasteiger partial charge is 0.495 e. The van der Waals surface area contributed by atoms with E-state index in [0.717, 1.165) is 5.56 Å². The van der Waals surface area contributed by atoms with Crippen molar-refractivity contribution in [3.05, 3.63) is 23.8 Å². The molecular formula is C13H17N5O2S. The first-order chi connectivity index (χ1) is 10.0. The number of hydrogen-bond donors (Lipinski definition) is 1. The second-order valence-corrected chi connectivity index (χ2v) is 5.85. The molecule has 7 nitrogen and oxygen atoms in total. The molecule has 2 aromatic rings. The van der Waals surface area contributed by atoms with Crippen molar-refractivity contribution >= 4 is 23.4 Å². The lowest BCUT2D eigenvalue weighted by molar-refractivity contribution is -0.115. The van der Waals surface area contributed by atoms with E-state index >= 15 is 0 Å². The molecule has 1 N–H and O–H groups in total. The van der Waals surface area contributed by atoms with Crippen molar-refractivity contribution in [3.8, 4) is 5.75 Å². The fourth-order valence-corrected chi connectivity index (χ4v) is 2.44. The molecule has 1 aromatic carbocycles. The zero-order valence-corrected chi connectivity index (χ0v) is 13.1. The van der Waals surface area contributed by atoms with Crippen LogP contribution in [0.1, 0.15) is 12.5 Å². The molecule has 0 spiro atoms. The number of hydrogen-bond acceptors (Lipinski definition) is 6. The number of carbonyl (C=O) groups is 1. The number of methoxy groups -OCH3 is 1. The van der Waals surface area contributed by atoms with Gasteiger partial charge >= 0.3 is 0 Å². The van der Waals surface area contributed by atoms with Crippen molar-refractivity contribution in [1.29, 1.82) is 0 Å². The number of carbonyl (C=O) groups excluding carboxylic acids is 1. The van der Waals surface area contributed by atoms with Gasteiger partial charge in [-0.15, -0.1) is 5.10 Å². The van der Waals surface area contributed by atoms with Gasteiger partial charge in [-0.25, -0.2) is 4.68 Å². The van der Waals surface area contributed by atoms with E-state index in [1.807, 2.05) is 25.1 Å². The van der Waals surface area contributed by atoms with Crippen molar-refractivity contribution in [2.45, 2.75) is 24.3 Å². The lowest BCUT2D eigenvalue weighted by atomic mass is 10.2. The maximum atomic E-state index is 12.3. The third-order valence-corrected chi connectivity index (χ3v) is 3.97. The number of benzene rings is 1. The Morgan fingerprint density at radius 1 is 1.48 bits per heavy atom. The monoisotopic (exact) mass is 307 g/mol. The molecule has 8 heteroatoms. The van der Waals surface area contributed by atoms with Gasteiger partial charge in [-0.05, 0) is 42.0 Å². The number of amides is 1. The molecule has 0 saturated heterocycles. The summed E-state index contributed by atoms with van der Waals surface area (Å²) in [5.41, 5.74) is 1.70. The molecule has 0 aliphatic heterocycles. The van der Waals surface area contributed by atoms with Crippen molar-refractivity contribution in [3.63, 3.8) is 0 Å². The zero-order valence-electron chi connectivity index (χ0n) is 12.3. The lowest BCUT2D eigenvalue weighted by Gasteiger charge is -2.14. The number of anilines is 1. The molecule has 112 valence electrons. The van der Waals surface area contributed by atoms with Crippen LogP contribution in [0.5, 0.6) is 5.75 Å². The molecule has 0 aliphatic rings. The third-order valence-electron chi connectivity index (χ3n) is 2.85. The number of aromatic nitrogens is 4. The Bertz CT molecular complexity index is 643. The first kappa shape index (κ1) is 15.3. The van der Waals surface area contributed by atoms with Gasteiger partial charge < -0.3 is 10.1 Å². The van der Waals surface area contributed by atoms with Crippen molar-refractivity contribution in [1.82, 2.24) is 20.2 Å². The molecule has 0 fully saturated rings. The average molecular weight is 307 g/mol. The van der Waals surface area contributed by atoms with Gasteiger partial charge in [-0.1, -0.05) is 17.8 Å². The Morgan fingerprint density at radius 3 is 2.86 bits per heavy atom. The second kappa shape index (κ2) is 6.57. The SMILES string of the molecule is COc1ccc(C)cc1NC(=O)C(C)Sc1nnnn1C. The standard InChI is InChI=1S/C13H17N5O2S/c1-8-5-6-11(20-4)10(7-8)14-12(19)9(2)21-13-15-16-17-18(13)3/h5-7,9H,1-4H3,(H,14,19). The summed E-state index contributed by atoms with van der Waals surface area (Å²) in [6, 6.07) is 5.63. The summed E-state index contributed by atoms with van der Waals surface area (Å²) in [5, 5.41) is 14.3. The average Bonchev–Trinajstić information content (AvgIpc) is 2.84. The minimum absolute atomic E-state index is 0.132. The van der Waals surface area contributed by atoms with Crippen molar-refractivity contribution < 1.29 is 9.53 Å². The van der Waals surface area contributed by atoms with E-state index in [2.05, 4.69) is 20.8 Å². The summed E-state index contributed by atoms with van der Waals surface area (Å²) >= 11 is 1.30. The van der Waals surface area contributed by atoms with Crippen LogP contribution in [0.25, 0.3) is 0 Å². The Kier molecular flexibility index (Phi) is 4.79. The van der Waals surface area contributed by atoms with Crippen LogP contribution in [-0.2, 0) is 11.8 Å². The van der Waals surface area contributed by atoms with Crippen molar-refractivity contribution in [2.75, 3.05) is 12.4 Å². The predicted molar refractivity (Wildman–Crippen MR) is 80.5 cm³/mol. The molecule has 0 saturated carbocycles. The van der Waals surface area contributed by atoms with Crippen LogP contribution in [-0.4, -0.2) is 38.5 Å². The van der Waals surface area contributed by atoms with E-state index in [1.165, 1.54) is 16.4 Å². The van der Waals surface area contributed by atoms with Gasteiger partial charge in [0.25, 0.3) is 0 Å². The van der Waals surface area contributed by atoms with Gasteiger partial charge in [0.1, 0.15) is 5.75 Å². The molecule has 0 radical (unpaired) electrons. The van der Waals surface area contributed by atoms with Crippen LogP contribution in [0, 0.1) is 6.92 Å². The number of thioether (sulfide) groups is 1. The Hall–Kier alpha value is -2.09. The van der Waals surface area contributed by atoms with E-state index in [-0.39, 0.29) is 11.2 Å². The van der Waals surface area contributed by atoms with Crippen LogP contribution in [0.2, 0.25) is 0 Å². The normalized spacial score (nSPS) is 12.0. The van der Waals surface area contributed by atoms with Crippen LogP contribution in [0.15, 0.2) is 23.4 Å². The van der Waals surface area contributed by atoms with Gasteiger partial charge in [0.15, 0.2) is 0 Å². The predicted octanol–water partition coefficient (Wildman–Crippen LogP) is 1.65. The molecule has 1 amide bonds. The van der Waals surface area contributed by atoms with E-state index in [9.17, 15) is 4.79 Å². The van der Waals surface area contributed by atoms with E-state index in [0.29, 0.717) is 16.6 Å². The summed E-state index contributed by atoms with van der Waals surface area (Å²) in [6.07, 6.45) is 0. The maximum Gasteiger partial charge on any atom is 0.237 e. The number of nitrogens with zero attached hydrogens (tertiary/aromatic N) is 4. The number of aryl methyl sites for hydroxylation is 2. The first-order valence-corrected chi connectivity index (χ1v) is 7.23. The second-order valence-electron chi connectivity index (χ2n) is 4.54. The van der Waals surface area contributed by atoms with Crippen LogP contribution < -0.4 is 10.1 Å². The number of rotatable bonds is 5. The first-order valence-electron chi connectivity index (χ1n) is 6.35. The highest BCUT2D eigenvalue weighted by atomic mass is 32.2. The van der Waals surface area contributed by atoms with Crippen molar-refractivity contribution in [2.24, 2.45) is 7.05 Å². The van der Waals surface area contributed by atoms with Gasteiger partial charge in [-0.2, -0.15) is 0 Å². The molecule has 0 bridgehead atoms. The van der Waals surface area contributed by atoms with E-state index in [4.69, 9.17) is 4.74 Å². The van der Waals surface area contributed by atoms with Crippen LogP contribution >= 0.6 is 11.8 Å². The lowest BCUT2D eigenvalue weighted by Crippen LogP contribution is -2.23. The smallest absolute Gasteiger partial charge is 0.237 e. The quantitative estimate of drug-likeness (QED) is 0.846. The Balaban J connectivity index is 2.07. The molecule has 1 atom stereocenters. The summed E-state index contributed by atoms with van der Waals surface area (Å²) in [5.74, 6) is 0.498. The molecular weight excluding hydrogens is 290 g/mol. The molecule has 1 heterocycles. The fraction of sp³-hybridized carbons (Fsp3) is 0.385. The third kappa shape index (κ3) is 3.72. The highest BCUT2D eigenvalue weighted by Gasteiger charge is 2.19. The summed E-state index contributed by atoms with van der Waals surface area (Å²) in [4.78, 5) is 12.3. The Labute approximate surface area is 127 Å². The Morgan fingerprint density at radius 2 is 2.24 bits per heavy atom. The van der Waals surface area contributed by atoms with E-state index in [1.54, 1.807) is 21.1 Å². The fourth-order valence-electron chi connectivity index (χ4n) is 1.69. The van der Waals surface area contributed by atoms with Gasteiger partial charge in [0.05, 0.1) is 18.0 Å². The topological polar surface area (TPSA) is 81.9 Å². The molecule has 0 aliphatic carbocycles. The number of tetrazole rings is 1. The number of nitrogens with one attached hydrogen (secondary N) is 1. The molecule has 1 aromatic heterocycles. The van der Waals surface area contributed by atoms with Crippen LogP contribution in [0.3, 0.4) is 0 Å². The highest BCUT2D eigenvalue weighted by molar-refractivity contribution is 8.00. The summed E-state index contributed by atoms with van der Waals surface area (Å²) < 4.78 is 6.78. The maximum absolute atomic E-state index is 12.3. The molecule has 1 unspecified atom stereocenters. The van der Waals surface area contributed by atoms with Gasteiger partial charge in [0, 0.05) is 7.05 Å². The molecule has 2 rings (SSSR count). The van der Waals surface area contributed by atoms with Crippen LogP contribution in [0.4, 0.5) is 5.69 Å². The summed E-state index contributed by atoms with van der Waals surface area (Å²) in [6.45, 7) is 3.76. The molecule has 21 heavy (non-hydrogen) atoms.